The third-order valence-electron chi connectivity index (χ3n) is 5.25. The lowest BCUT2D eigenvalue weighted by Crippen LogP contribution is -2.36. The summed E-state index contributed by atoms with van der Waals surface area (Å²) in [4.78, 5) is 3.96. The monoisotopic (exact) mass is 331 g/mol. The van der Waals surface area contributed by atoms with Crippen molar-refractivity contribution in [1.29, 1.82) is 0 Å². The molecule has 0 bridgehead atoms. The minimum Gasteiger partial charge on any atom is -0.289 e. The largest absolute Gasteiger partial charge is 0.289 e. The van der Waals surface area contributed by atoms with Crippen molar-refractivity contribution in [2.24, 2.45) is 0 Å². The molecule has 2 aromatic heterocycles. The molecule has 0 amide bonds. The Bertz CT molecular complexity index is 596. The van der Waals surface area contributed by atoms with Crippen LogP contribution in [-0.4, -0.2) is 38.2 Å². The van der Waals surface area contributed by atoms with Gasteiger partial charge in [0.05, 0.1) is 6.04 Å². The van der Waals surface area contributed by atoms with E-state index in [2.05, 4.69) is 42.6 Å². The van der Waals surface area contributed by atoms with Gasteiger partial charge in [-0.25, -0.2) is 4.68 Å². The third kappa shape index (κ3) is 3.19. The van der Waals surface area contributed by atoms with E-state index in [1.165, 1.54) is 56.2 Å². The molecule has 1 atom stereocenters. The molecule has 1 saturated carbocycles. The normalized spacial score (nSPS) is 22.3. The lowest BCUT2D eigenvalue weighted by Gasteiger charge is -2.34. The minimum absolute atomic E-state index is 0.229. The van der Waals surface area contributed by atoms with Crippen LogP contribution in [0.5, 0.6) is 0 Å². The minimum atomic E-state index is 0.229. The Labute approximate surface area is 141 Å². The van der Waals surface area contributed by atoms with E-state index in [1.54, 1.807) is 0 Å². The van der Waals surface area contributed by atoms with E-state index >= 15 is 0 Å². The molecule has 2 aromatic rings. The van der Waals surface area contributed by atoms with Crippen LogP contribution in [0.4, 0.5) is 0 Å². The first-order valence-corrected chi connectivity index (χ1v) is 9.86. The highest BCUT2D eigenvalue weighted by molar-refractivity contribution is 7.10. The number of rotatable bonds is 4. The number of piperidine rings is 1. The van der Waals surface area contributed by atoms with Crippen molar-refractivity contribution in [1.82, 2.24) is 25.1 Å². The molecular formula is C17H25N5S. The molecule has 0 spiro atoms. The molecule has 3 heterocycles. The highest BCUT2D eigenvalue weighted by atomic mass is 32.1. The standard InChI is InChI=1S/C17H25N5S/c1-3-8-14(9-4-1)22-17(18-19-20-22)16(15-10-7-13-23-15)21-11-5-2-6-12-21/h7,10,13-14,16H,1-6,8-9,11-12H2. The molecule has 2 aliphatic rings. The Kier molecular flexibility index (Phi) is 4.71. The third-order valence-corrected chi connectivity index (χ3v) is 6.18. The average Bonchev–Trinajstić information content (AvgIpc) is 3.30. The van der Waals surface area contributed by atoms with Crippen LogP contribution in [0.1, 0.15) is 74.2 Å². The zero-order valence-corrected chi connectivity index (χ0v) is 14.4. The molecule has 124 valence electrons. The summed E-state index contributed by atoms with van der Waals surface area (Å²) in [7, 11) is 0. The van der Waals surface area contributed by atoms with Crippen molar-refractivity contribution in [3.05, 3.63) is 28.2 Å². The molecule has 0 radical (unpaired) electrons. The van der Waals surface area contributed by atoms with Gasteiger partial charge in [-0.15, -0.1) is 16.4 Å². The van der Waals surface area contributed by atoms with Crippen molar-refractivity contribution >= 4 is 11.3 Å². The molecular weight excluding hydrogens is 306 g/mol. The number of thiophene rings is 1. The second-order valence-corrected chi connectivity index (χ2v) is 7.77. The maximum absolute atomic E-state index is 4.49. The quantitative estimate of drug-likeness (QED) is 0.854. The van der Waals surface area contributed by atoms with Gasteiger partial charge in [0.1, 0.15) is 6.04 Å². The molecule has 1 saturated heterocycles. The number of likely N-dealkylation sites (tertiary alicyclic amines) is 1. The van der Waals surface area contributed by atoms with Crippen molar-refractivity contribution < 1.29 is 0 Å². The number of aromatic nitrogens is 4. The second-order valence-electron chi connectivity index (χ2n) is 6.79. The van der Waals surface area contributed by atoms with Crippen LogP contribution in [0, 0.1) is 0 Å². The van der Waals surface area contributed by atoms with Crippen molar-refractivity contribution in [2.45, 2.75) is 63.5 Å². The molecule has 4 rings (SSSR count). The summed E-state index contributed by atoms with van der Waals surface area (Å²) in [5.41, 5.74) is 0. The van der Waals surface area contributed by atoms with Crippen molar-refractivity contribution in [2.75, 3.05) is 13.1 Å². The van der Waals surface area contributed by atoms with Gasteiger partial charge in [-0.1, -0.05) is 31.7 Å². The molecule has 1 aliphatic carbocycles. The summed E-state index contributed by atoms with van der Waals surface area (Å²) in [6.07, 6.45) is 10.3. The molecule has 0 N–H and O–H groups in total. The maximum atomic E-state index is 4.49. The van der Waals surface area contributed by atoms with Gasteiger partial charge in [-0.3, -0.25) is 4.90 Å². The first kappa shape index (κ1) is 15.3. The molecule has 5 nitrogen and oxygen atoms in total. The number of nitrogens with zero attached hydrogens (tertiary/aromatic N) is 5. The topological polar surface area (TPSA) is 46.8 Å². The molecule has 23 heavy (non-hydrogen) atoms. The molecule has 0 aromatic carbocycles. The number of hydrogen-bond donors (Lipinski definition) is 0. The van der Waals surface area contributed by atoms with E-state index < -0.39 is 0 Å². The summed E-state index contributed by atoms with van der Waals surface area (Å²) in [5.74, 6) is 1.06. The van der Waals surface area contributed by atoms with Gasteiger partial charge in [0.2, 0.25) is 0 Å². The van der Waals surface area contributed by atoms with E-state index in [1.807, 2.05) is 11.3 Å². The average molecular weight is 331 g/mol. The van der Waals surface area contributed by atoms with Crippen LogP contribution in [0.15, 0.2) is 17.5 Å². The van der Waals surface area contributed by atoms with Gasteiger partial charge in [-0.05, 0) is 60.6 Å². The van der Waals surface area contributed by atoms with Gasteiger partial charge in [0, 0.05) is 4.88 Å². The van der Waals surface area contributed by atoms with Crippen LogP contribution < -0.4 is 0 Å². The van der Waals surface area contributed by atoms with Crippen LogP contribution in [-0.2, 0) is 0 Å². The highest BCUT2D eigenvalue weighted by Crippen LogP contribution is 2.35. The SMILES string of the molecule is c1csc(C(c2nnnn2C2CCCCC2)N2CCCCC2)c1. The van der Waals surface area contributed by atoms with Crippen LogP contribution in [0.2, 0.25) is 0 Å². The summed E-state index contributed by atoms with van der Waals surface area (Å²) < 4.78 is 2.15. The van der Waals surface area contributed by atoms with Crippen LogP contribution in [0.25, 0.3) is 0 Å². The van der Waals surface area contributed by atoms with E-state index in [4.69, 9.17) is 0 Å². The predicted molar refractivity (Wildman–Crippen MR) is 91.5 cm³/mol. The Morgan fingerprint density at radius 2 is 1.83 bits per heavy atom. The smallest absolute Gasteiger partial charge is 0.174 e. The lowest BCUT2D eigenvalue weighted by atomic mass is 9.95. The molecule has 1 unspecified atom stereocenters. The zero-order valence-electron chi connectivity index (χ0n) is 13.6. The first-order valence-electron chi connectivity index (χ1n) is 8.99. The predicted octanol–water partition coefficient (Wildman–Crippen LogP) is 3.82. The van der Waals surface area contributed by atoms with Crippen LogP contribution in [0.3, 0.4) is 0 Å². The van der Waals surface area contributed by atoms with E-state index in [0.717, 1.165) is 18.9 Å². The fourth-order valence-electron chi connectivity index (χ4n) is 4.06. The summed E-state index contributed by atoms with van der Waals surface area (Å²) in [6, 6.07) is 5.10. The van der Waals surface area contributed by atoms with E-state index in [9.17, 15) is 0 Å². The van der Waals surface area contributed by atoms with E-state index in [-0.39, 0.29) is 6.04 Å². The maximum Gasteiger partial charge on any atom is 0.174 e. The summed E-state index contributed by atoms with van der Waals surface area (Å²) in [5, 5.41) is 15.1. The molecule has 2 fully saturated rings. The van der Waals surface area contributed by atoms with Gasteiger partial charge < -0.3 is 0 Å². The fourth-order valence-corrected chi connectivity index (χ4v) is 4.91. The summed E-state index contributed by atoms with van der Waals surface area (Å²) >= 11 is 1.83. The summed E-state index contributed by atoms with van der Waals surface area (Å²) in [6.45, 7) is 2.31. The first-order chi connectivity index (χ1) is 11.4. The Morgan fingerprint density at radius 1 is 1.04 bits per heavy atom. The van der Waals surface area contributed by atoms with E-state index in [0.29, 0.717) is 6.04 Å². The fraction of sp³-hybridized carbons (Fsp3) is 0.706. The molecule has 1 aliphatic heterocycles. The number of tetrazole rings is 1. The zero-order chi connectivity index (χ0) is 15.5. The van der Waals surface area contributed by atoms with Crippen molar-refractivity contribution in [3.8, 4) is 0 Å². The van der Waals surface area contributed by atoms with Gasteiger partial charge in [-0.2, -0.15) is 0 Å². The van der Waals surface area contributed by atoms with Gasteiger partial charge >= 0.3 is 0 Å². The van der Waals surface area contributed by atoms with Gasteiger partial charge in [0.25, 0.3) is 0 Å². The second kappa shape index (κ2) is 7.09. The number of hydrogen-bond acceptors (Lipinski definition) is 5. The molecule has 6 heteroatoms. The van der Waals surface area contributed by atoms with Gasteiger partial charge in [0.15, 0.2) is 5.82 Å². The van der Waals surface area contributed by atoms with Crippen LogP contribution >= 0.6 is 11.3 Å². The Hall–Kier alpha value is -1.27. The van der Waals surface area contributed by atoms with Crippen molar-refractivity contribution in [3.63, 3.8) is 0 Å². The Morgan fingerprint density at radius 3 is 2.57 bits per heavy atom. The highest BCUT2D eigenvalue weighted by Gasteiger charge is 2.31. The lowest BCUT2D eigenvalue weighted by molar-refractivity contribution is 0.174. The Balaban J connectivity index is 1.67.